The summed E-state index contributed by atoms with van der Waals surface area (Å²) in [6.45, 7) is 7.93. The molecule has 0 aliphatic carbocycles. The van der Waals surface area contributed by atoms with Crippen molar-refractivity contribution < 1.29 is 9.47 Å². The molecule has 0 aliphatic heterocycles. The first-order chi connectivity index (χ1) is 17.1. The van der Waals surface area contributed by atoms with Crippen molar-refractivity contribution in [3.8, 4) is 5.75 Å². The van der Waals surface area contributed by atoms with Crippen LogP contribution in [-0.4, -0.2) is 20.3 Å². The van der Waals surface area contributed by atoms with Gasteiger partial charge in [0.25, 0.3) is 0 Å². The van der Waals surface area contributed by atoms with Gasteiger partial charge in [0.2, 0.25) is 0 Å². The molecule has 0 fully saturated rings. The van der Waals surface area contributed by atoms with Crippen molar-refractivity contribution in [2.24, 2.45) is 0 Å². The topological polar surface area (TPSA) is 18.5 Å². The van der Waals surface area contributed by atoms with Gasteiger partial charge in [0.1, 0.15) is 12.4 Å². The zero-order valence-corrected chi connectivity index (χ0v) is 21.3. The summed E-state index contributed by atoms with van der Waals surface area (Å²) in [4.78, 5) is 0. The van der Waals surface area contributed by atoms with Gasteiger partial charge in [0.05, 0.1) is 6.61 Å². The summed E-state index contributed by atoms with van der Waals surface area (Å²) in [5, 5.41) is 0. The van der Waals surface area contributed by atoms with Crippen LogP contribution < -0.4 is 4.74 Å². The Bertz CT molecular complexity index is 1120. The number of hydrogen-bond acceptors (Lipinski definition) is 2. The number of rotatable bonds is 10. The molecule has 35 heavy (non-hydrogen) atoms. The monoisotopic (exact) mass is 464 g/mol. The molecule has 4 aromatic rings. The molecule has 0 aliphatic rings. The van der Waals surface area contributed by atoms with E-state index >= 15 is 0 Å². The van der Waals surface area contributed by atoms with Gasteiger partial charge in [-0.1, -0.05) is 124 Å². The van der Waals surface area contributed by atoms with Crippen LogP contribution in [0.2, 0.25) is 0 Å². The summed E-state index contributed by atoms with van der Waals surface area (Å²) >= 11 is 0. The van der Waals surface area contributed by atoms with Crippen LogP contribution in [0, 0.1) is 0 Å². The first-order valence-electron chi connectivity index (χ1n) is 12.5. The average Bonchev–Trinajstić information content (AvgIpc) is 2.93. The second kappa shape index (κ2) is 11.9. The van der Waals surface area contributed by atoms with Gasteiger partial charge in [-0.15, -0.1) is 0 Å². The molecule has 0 radical (unpaired) electrons. The number of benzene rings is 4. The average molecular weight is 465 g/mol. The molecule has 4 aromatic carbocycles. The highest BCUT2D eigenvalue weighted by atomic mass is 16.5. The summed E-state index contributed by atoms with van der Waals surface area (Å²) in [6.07, 6.45) is 0. The third-order valence-corrected chi connectivity index (χ3v) is 7.03. The van der Waals surface area contributed by atoms with Crippen LogP contribution in [0.15, 0.2) is 103 Å². The normalized spacial score (nSPS) is 13.7. The molecule has 4 rings (SSSR count). The Labute approximate surface area is 210 Å². The minimum absolute atomic E-state index is 0.193. The second-order valence-corrected chi connectivity index (χ2v) is 9.27. The predicted molar refractivity (Wildman–Crippen MR) is 146 cm³/mol. The lowest BCUT2D eigenvalue weighted by atomic mass is 9.81. The Morgan fingerprint density at radius 1 is 0.514 bits per heavy atom. The Kier molecular flexibility index (Phi) is 8.39. The molecule has 0 spiro atoms. The van der Waals surface area contributed by atoms with Crippen LogP contribution in [0.5, 0.6) is 5.75 Å². The van der Waals surface area contributed by atoms with Gasteiger partial charge in [-0.05, 0) is 22.3 Å². The number of hydrogen-bond donors (Lipinski definition) is 0. The third-order valence-electron chi connectivity index (χ3n) is 7.03. The minimum Gasteiger partial charge on any atom is -0.491 e. The predicted octanol–water partition coefficient (Wildman–Crippen LogP) is 8.17. The van der Waals surface area contributed by atoms with E-state index in [0.717, 1.165) is 5.75 Å². The van der Waals surface area contributed by atoms with Crippen molar-refractivity contribution in [2.45, 2.75) is 38.5 Å². The van der Waals surface area contributed by atoms with E-state index in [0.29, 0.717) is 13.2 Å². The molecule has 0 aromatic heterocycles. The molecule has 0 saturated heterocycles. The molecule has 2 nitrogen and oxygen atoms in total. The Balaban J connectivity index is 1.90. The SMILES string of the molecule is COCCOc1c(C(C)c2ccccc2)cc(C(C)c2ccccc2)cc1C(C)c1ccccc1. The molecule has 3 atom stereocenters. The van der Waals surface area contributed by atoms with Crippen LogP contribution in [0.25, 0.3) is 0 Å². The molecule has 0 amide bonds. The smallest absolute Gasteiger partial charge is 0.127 e. The molecular weight excluding hydrogens is 428 g/mol. The third kappa shape index (κ3) is 5.83. The molecular formula is C33H36O2. The van der Waals surface area contributed by atoms with Crippen molar-refractivity contribution in [1.82, 2.24) is 0 Å². The van der Waals surface area contributed by atoms with Crippen molar-refractivity contribution in [3.63, 3.8) is 0 Å². The molecule has 3 unspecified atom stereocenters. The van der Waals surface area contributed by atoms with E-state index in [-0.39, 0.29) is 17.8 Å². The molecule has 2 heteroatoms. The Morgan fingerprint density at radius 3 is 1.31 bits per heavy atom. The van der Waals surface area contributed by atoms with E-state index in [9.17, 15) is 0 Å². The van der Waals surface area contributed by atoms with E-state index < -0.39 is 0 Å². The van der Waals surface area contributed by atoms with Gasteiger partial charge in [-0.25, -0.2) is 0 Å². The Morgan fingerprint density at radius 2 is 0.914 bits per heavy atom. The standard InChI is InChI=1S/C33H36O2/c1-24(27-14-8-5-9-15-27)30-22-31(25(2)28-16-10-6-11-17-28)33(35-21-20-34-4)32(23-30)26(3)29-18-12-7-13-19-29/h5-19,22-26H,20-21H2,1-4H3. The minimum atomic E-state index is 0.193. The van der Waals surface area contributed by atoms with Crippen LogP contribution >= 0.6 is 0 Å². The lowest BCUT2D eigenvalue weighted by Crippen LogP contribution is -2.13. The lowest BCUT2D eigenvalue weighted by molar-refractivity contribution is 0.145. The van der Waals surface area contributed by atoms with Crippen molar-refractivity contribution in [1.29, 1.82) is 0 Å². The fraction of sp³-hybridized carbons (Fsp3) is 0.273. The van der Waals surface area contributed by atoms with E-state index in [4.69, 9.17) is 9.47 Å². The van der Waals surface area contributed by atoms with Gasteiger partial charge >= 0.3 is 0 Å². The van der Waals surface area contributed by atoms with E-state index in [1.54, 1.807) is 7.11 Å². The quantitative estimate of drug-likeness (QED) is 0.220. The van der Waals surface area contributed by atoms with Crippen LogP contribution in [0.1, 0.15) is 71.9 Å². The highest BCUT2D eigenvalue weighted by molar-refractivity contribution is 5.54. The summed E-state index contributed by atoms with van der Waals surface area (Å²) in [5.74, 6) is 1.64. The second-order valence-electron chi connectivity index (χ2n) is 9.27. The van der Waals surface area contributed by atoms with Crippen LogP contribution in [0.3, 0.4) is 0 Å². The molecule has 0 heterocycles. The van der Waals surface area contributed by atoms with Gasteiger partial charge in [0.15, 0.2) is 0 Å². The highest BCUT2D eigenvalue weighted by Gasteiger charge is 2.24. The van der Waals surface area contributed by atoms with Gasteiger partial charge in [-0.3, -0.25) is 0 Å². The first-order valence-corrected chi connectivity index (χ1v) is 12.5. The van der Waals surface area contributed by atoms with Gasteiger partial charge in [-0.2, -0.15) is 0 Å². The maximum Gasteiger partial charge on any atom is 0.127 e. The summed E-state index contributed by atoms with van der Waals surface area (Å²) in [5.41, 5.74) is 7.65. The molecule has 180 valence electrons. The van der Waals surface area contributed by atoms with E-state index in [1.807, 2.05) is 0 Å². The Hall–Kier alpha value is -3.36. The highest BCUT2D eigenvalue weighted by Crippen LogP contribution is 2.42. The lowest BCUT2D eigenvalue weighted by Gasteiger charge is -2.26. The van der Waals surface area contributed by atoms with Crippen LogP contribution in [0.4, 0.5) is 0 Å². The zero-order valence-electron chi connectivity index (χ0n) is 21.3. The van der Waals surface area contributed by atoms with Crippen molar-refractivity contribution >= 4 is 0 Å². The van der Waals surface area contributed by atoms with Gasteiger partial charge in [0, 0.05) is 36.0 Å². The maximum atomic E-state index is 6.51. The largest absolute Gasteiger partial charge is 0.491 e. The summed E-state index contributed by atoms with van der Waals surface area (Å²) < 4.78 is 11.8. The first kappa shape index (κ1) is 24.8. The fourth-order valence-corrected chi connectivity index (χ4v) is 4.76. The van der Waals surface area contributed by atoms with Crippen LogP contribution in [-0.2, 0) is 4.74 Å². The maximum absolute atomic E-state index is 6.51. The fourth-order valence-electron chi connectivity index (χ4n) is 4.76. The summed E-state index contributed by atoms with van der Waals surface area (Å²) in [6, 6.07) is 36.9. The van der Waals surface area contributed by atoms with E-state index in [1.165, 1.54) is 33.4 Å². The zero-order chi connectivity index (χ0) is 24.6. The van der Waals surface area contributed by atoms with Crippen molar-refractivity contribution in [2.75, 3.05) is 20.3 Å². The molecule has 0 bridgehead atoms. The van der Waals surface area contributed by atoms with Crippen molar-refractivity contribution in [3.05, 3.63) is 137 Å². The molecule has 0 saturated carbocycles. The van der Waals surface area contributed by atoms with Gasteiger partial charge < -0.3 is 9.47 Å². The molecule has 0 N–H and O–H groups in total. The van der Waals surface area contributed by atoms with E-state index in [2.05, 4.69) is 124 Å². The number of methoxy groups -OCH3 is 1. The summed E-state index contributed by atoms with van der Waals surface area (Å²) in [7, 11) is 1.72. The number of ether oxygens (including phenoxy) is 2.